The maximum atomic E-state index is 13.8. The van der Waals surface area contributed by atoms with E-state index in [0.717, 1.165) is 9.87 Å². The number of nitrogens with two attached hydrogens (primary N) is 2. The van der Waals surface area contributed by atoms with E-state index in [1.165, 1.54) is 17.2 Å². The Morgan fingerprint density at radius 2 is 1.74 bits per heavy atom. The molecule has 10 heteroatoms. The molecular formula is C24H27N5O4S. The average molecular weight is 482 g/mol. The Bertz CT molecular complexity index is 1310. The molecule has 1 aliphatic rings. The molecule has 0 saturated carbocycles. The van der Waals surface area contributed by atoms with Crippen LogP contribution in [0.4, 0.5) is 4.79 Å². The van der Waals surface area contributed by atoms with Gasteiger partial charge in [0.25, 0.3) is 0 Å². The predicted molar refractivity (Wildman–Crippen MR) is 128 cm³/mol. The fourth-order valence-corrected chi connectivity index (χ4v) is 6.48. The molecule has 1 fully saturated rings. The number of hydrogen-bond donors (Lipinski definition) is 2. The highest BCUT2D eigenvalue weighted by atomic mass is 32.2. The molecule has 34 heavy (non-hydrogen) atoms. The van der Waals surface area contributed by atoms with Gasteiger partial charge in [-0.1, -0.05) is 55.5 Å². The van der Waals surface area contributed by atoms with Gasteiger partial charge in [-0.2, -0.15) is 4.31 Å². The van der Waals surface area contributed by atoms with Gasteiger partial charge in [-0.25, -0.2) is 13.2 Å². The lowest BCUT2D eigenvalue weighted by atomic mass is 9.88. The predicted octanol–water partition coefficient (Wildman–Crippen LogP) is 2.04. The van der Waals surface area contributed by atoms with Crippen molar-refractivity contribution in [1.82, 2.24) is 14.2 Å². The molecule has 4 N–H and O–H groups in total. The minimum atomic E-state index is -4.17. The van der Waals surface area contributed by atoms with Crippen LogP contribution >= 0.6 is 0 Å². The number of nitrogens with zero attached hydrogens (tertiary/aromatic N) is 3. The van der Waals surface area contributed by atoms with Crippen LogP contribution in [-0.2, 0) is 14.8 Å². The van der Waals surface area contributed by atoms with Crippen molar-refractivity contribution in [3.05, 3.63) is 72.4 Å². The van der Waals surface area contributed by atoms with Crippen molar-refractivity contribution in [2.24, 2.45) is 11.5 Å². The largest absolute Gasteiger partial charge is 0.368 e. The van der Waals surface area contributed by atoms with Crippen LogP contribution < -0.4 is 11.5 Å². The number of primary amides is 2. The molecule has 0 spiro atoms. The van der Waals surface area contributed by atoms with Crippen molar-refractivity contribution in [1.29, 1.82) is 0 Å². The Morgan fingerprint density at radius 3 is 2.41 bits per heavy atom. The second-order valence-corrected chi connectivity index (χ2v) is 10.3. The van der Waals surface area contributed by atoms with Crippen LogP contribution in [0.3, 0.4) is 0 Å². The Morgan fingerprint density at radius 1 is 1.03 bits per heavy atom. The molecule has 178 valence electrons. The van der Waals surface area contributed by atoms with Crippen LogP contribution in [0.25, 0.3) is 10.9 Å². The quantitative estimate of drug-likeness (QED) is 0.554. The summed E-state index contributed by atoms with van der Waals surface area (Å²) in [7, 11) is -4.17. The molecule has 2 aromatic carbocycles. The minimum absolute atomic E-state index is 0.0146. The van der Waals surface area contributed by atoms with Crippen LogP contribution in [0.1, 0.15) is 24.8 Å². The third-order valence-electron chi connectivity index (χ3n) is 6.36. The summed E-state index contributed by atoms with van der Waals surface area (Å²) in [4.78, 5) is 30.6. The lowest BCUT2D eigenvalue weighted by Gasteiger charge is -2.45. The highest BCUT2D eigenvalue weighted by Crippen LogP contribution is 2.33. The van der Waals surface area contributed by atoms with Gasteiger partial charge in [0.2, 0.25) is 15.9 Å². The average Bonchev–Trinajstić information content (AvgIpc) is 2.83. The molecule has 2 heterocycles. The number of aromatic nitrogens is 1. The van der Waals surface area contributed by atoms with Gasteiger partial charge in [-0.05, 0) is 30.0 Å². The number of urea groups is 1. The number of carbonyl (C=O) groups is 2. The molecule has 9 nitrogen and oxygen atoms in total. The smallest absolute Gasteiger partial charge is 0.315 e. The van der Waals surface area contributed by atoms with Crippen molar-refractivity contribution in [2.45, 2.75) is 36.2 Å². The van der Waals surface area contributed by atoms with E-state index < -0.39 is 34.0 Å². The molecule has 1 aliphatic heterocycles. The first-order chi connectivity index (χ1) is 16.2. The Hall–Kier alpha value is -3.50. The number of benzene rings is 2. The number of carbonyl (C=O) groups excluding carboxylic acids is 2. The molecule has 1 aromatic heterocycles. The fraction of sp³-hybridized carbons (Fsp3) is 0.292. The summed E-state index contributed by atoms with van der Waals surface area (Å²) in [6, 6.07) is 15.1. The van der Waals surface area contributed by atoms with E-state index in [1.54, 1.807) is 24.3 Å². The van der Waals surface area contributed by atoms with E-state index in [2.05, 4.69) is 4.98 Å². The molecule has 0 aliphatic carbocycles. The van der Waals surface area contributed by atoms with Crippen LogP contribution in [0.15, 0.2) is 71.8 Å². The van der Waals surface area contributed by atoms with Crippen molar-refractivity contribution in [2.75, 3.05) is 13.1 Å². The van der Waals surface area contributed by atoms with Gasteiger partial charge in [0, 0.05) is 24.7 Å². The van der Waals surface area contributed by atoms with E-state index in [0.29, 0.717) is 17.3 Å². The molecule has 0 bridgehead atoms. The first kappa shape index (κ1) is 23.7. The SMILES string of the molecule is CC(CC1C(C(N)=O)N(S(=O)(=O)c2cccc3cccnc23)CCN1C(N)=O)c1ccccc1. The van der Waals surface area contributed by atoms with Crippen molar-refractivity contribution < 1.29 is 18.0 Å². The lowest BCUT2D eigenvalue weighted by Crippen LogP contribution is -2.67. The third kappa shape index (κ3) is 4.34. The van der Waals surface area contributed by atoms with Crippen LogP contribution in [0.5, 0.6) is 0 Å². The zero-order chi connectivity index (χ0) is 24.5. The lowest BCUT2D eigenvalue weighted by molar-refractivity contribution is -0.124. The topological polar surface area (TPSA) is 140 Å². The number of sulfonamides is 1. The highest BCUT2D eigenvalue weighted by molar-refractivity contribution is 7.89. The van der Waals surface area contributed by atoms with Gasteiger partial charge in [0.15, 0.2) is 0 Å². The first-order valence-electron chi connectivity index (χ1n) is 11.0. The summed E-state index contributed by atoms with van der Waals surface area (Å²) in [5.41, 5.74) is 12.7. The van der Waals surface area contributed by atoms with E-state index >= 15 is 0 Å². The van der Waals surface area contributed by atoms with Crippen molar-refractivity contribution in [3.63, 3.8) is 0 Å². The summed E-state index contributed by atoms with van der Waals surface area (Å²) in [5, 5.41) is 0.657. The maximum absolute atomic E-state index is 13.8. The van der Waals surface area contributed by atoms with Gasteiger partial charge < -0.3 is 16.4 Å². The second kappa shape index (κ2) is 9.40. The third-order valence-corrected chi connectivity index (χ3v) is 8.27. The molecule has 4 rings (SSSR count). The summed E-state index contributed by atoms with van der Waals surface area (Å²) >= 11 is 0. The summed E-state index contributed by atoms with van der Waals surface area (Å²) in [5.74, 6) is -0.926. The second-order valence-electron chi connectivity index (χ2n) is 8.44. The highest BCUT2D eigenvalue weighted by Gasteiger charge is 2.47. The van der Waals surface area contributed by atoms with Gasteiger partial charge >= 0.3 is 6.03 Å². The zero-order valence-electron chi connectivity index (χ0n) is 18.7. The molecular weight excluding hydrogens is 454 g/mol. The van der Waals surface area contributed by atoms with Gasteiger partial charge in [0.05, 0.1) is 11.6 Å². The molecule has 3 unspecified atom stereocenters. The van der Waals surface area contributed by atoms with Gasteiger partial charge in [0.1, 0.15) is 10.9 Å². The number of para-hydroxylation sites is 1. The van der Waals surface area contributed by atoms with E-state index in [4.69, 9.17) is 11.5 Å². The number of amides is 3. The van der Waals surface area contributed by atoms with Crippen LogP contribution in [0.2, 0.25) is 0 Å². The normalized spacial score (nSPS) is 20.2. The van der Waals surface area contributed by atoms with Crippen molar-refractivity contribution >= 4 is 32.9 Å². The number of hydrogen-bond acceptors (Lipinski definition) is 5. The molecule has 1 saturated heterocycles. The Kier molecular flexibility index (Phi) is 6.54. The van der Waals surface area contributed by atoms with Crippen molar-refractivity contribution in [3.8, 4) is 0 Å². The Labute approximate surface area is 198 Å². The fourth-order valence-electron chi connectivity index (χ4n) is 4.70. The molecule has 0 radical (unpaired) electrons. The number of pyridine rings is 1. The van der Waals surface area contributed by atoms with E-state index in [9.17, 15) is 18.0 Å². The summed E-state index contributed by atoms with van der Waals surface area (Å²) in [6.07, 6.45) is 1.82. The molecule has 3 atom stereocenters. The zero-order valence-corrected chi connectivity index (χ0v) is 19.6. The summed E-state index contributed by atoms with van der Waals surface area (Å²) < 4.78 is 28.8. The number of rotatable bonds is 6. The first-order valence-corrected chi connectivity index (χ1v) is 12.4. The van der Waals surface area contributed by atoms with Crippen LogP contribution in [0, 0.1) is 0 Å². The summed E-state index contributed by atoms with van der Waals surface area (Å²) in [6.45, 7) is 1.88. The Balaban J connectivity index is 1.77. The van der Waals surface area contributed by atoms with E-state index in [-0.39, 0.29) is 23.9 Å². The standard InChI is InChI=1S/C24H27N5O4S/c1-16(17-7-3-2-4-8-17)15-19-22(23(25)30)29(14-13-28(19)24(26)31)34(32,33)20-11-5-9-18-10-6-12-27-21(18)20/h2-12,16,19,22H,13-15H2,1H3,(H2,25,30)(H2,26,31). The van der Waals surface area contributed by atoms with E-state index in [1.807, 2.05) is 37.3 Å². The van der Waals surface area contributed by atoms with Gasteiger partial charge in [-0.15, -0.1) is 0 Å². The minimum Gasteiger partial charge on any atom is -0.368 e. The molecule has 3 amide bonds. The number of fused-ring (bicyclic) bond motifs is 1. The monoisotopic (exact) mass is 481 g/mol. The maximum Gasteiger partial charge on any atom is 0.315 e. The number of piperazine rings is 1. The van der Waals surface area contributed by atoms with Gasteiger partial charge in [-0.3, -0.25) is 9.78 Å². The van der Waals surface area contributed by atoms with Crippen LogP contribution in [-0.4, -0.2) is 59.7 Å². The molecule has 3 aromatic rings.